The zero-order valence-electron chi connectivity index (χ0n) is 7.42. The highest BCUT2D eigenvalue weighted by Gasteiger charge is 1.89. The van der Waals surface area contributed by atoms with Gasteiger partial charge in [0, 0.05) is 23.8 Å². The van der Waals surface area contributed by atoms with Gasteiger partial charge in [-0.15, -0.1) is 12.4 Å². The monoisotopic (exact) mass is 265 g/mol. The van der Waals surface area contributed by atoms with Gasteiger partial charge < -0.3 is 10.1 Å². The number of methoxy groups -OCH3 is 1. The molecule has 0 aliphatic rings. The largest absolute Gasteiger partial charge is 0.383 e. The first-order chi connectivity index (χ1) is 5.83. The highest BCUT2D eigenvalue weighted by Crippen LogP contribution is 2.13. The van der Waals surface area contributed by atoms with E-state index in [1.165, 1.54) is 0 Å². The molecule has 2 nitrogen and oxygen atoms in total. The lowest BCUT2D eigenvalue weighted by atomic mass is 10.3. The van der Waals surface area contributed by atoms with E-state index in [9.17, 15) is 0 Å². The molecule has 0 aromatic heterocycles. The van der Waals surface area contributed by atoms with Crippen molar-refractivity contribution >= 4 is 34.0 Å². The predicted molar refractivity (Wildman–Crippen MR) is 61.8 cm³/mol. The lowest BCUT2D eigenvalue weighted by Gasteiger charge is -2.04. The van der Waals surface area contributed by atoms with Crippen LogP contribution in [0.15, 0.2) is 28.7 Å². The fourth-order valence-electron chi connectivity index (χ4n) is 0.865. The summed E-state index contributed by atoms with van der Waals surface area (Å²) in [6, 6.07) is 8.07. The van der Waals surface area contributed by atoms with Crippen LogP contribution in [0.3, 0.4) is 0 Å². The number of hydrogen-bond donors (Lipinski definition) is 1. The summed E-state index contributed by atoms with van der Waals surface area (Å²) < 4.78 is 6.01. The van der Waals surface area contributed by atoms with Gasteiger partial charge >= 0.3 is 0 Å². The lowest BCUT2D eigenvalue weighted by Crippen LogP contribution is -2.07. The molecule has 0 atom stereocenters. The summed E-state index contributed by atoms with van der Waals surface area (Å²) >= 11 is 3.37. The van der Waals surface area contributed by atoms with E-state index in [-0.39, 0.29) is 12.4 Å². The Balaban J connectivity index is 0.00000144. The van der Waals surface area contributed by atoms with E-state index in [1.54, 1.807) is 7.11 Å². The van der Waals surface area contributed by atoms with Gasteiger partial charge in [-0.25, -0.2) is 0 Å². The van der Waals surface area contributed by atoms with Crippen LogP contribution in [-0.2, 0) is 4.74 Å². The molecular formula is C9H13BrClNO. The van der Waals surface area contributed by atoms with E-state index in [1.807, 2.05) is 24.3 Å². The number of halogens is 2. The molecule has 0 aliphatic carbocycles. The summed E-state index contributed by atoms with van der Waals surface area (Å²) in [7, 11) is 1.70. The van der Waals surface area contributed by atoms with Gasteiger partial charge in [0.25, 0.3) is 0 Å². The van der Waals surface area contributed by atoms with Crippen LogP contribution in [0.5, 0.6) is 0 Å². The summed E-state index contributed by atoms with van der Waals surface area (Å²) in [6.07, 6.45) is 0. The number of anilines is 1. The summed E-state index contributed by atoms with van der Waals surface area (Å²) in [5.41, 5.74) is 1.12. The van der Waals surface area contributed by atoms with Crippen molar-refractivity contribution in [2.75, 3.05) is 25.6 Å². The zero-order chi connectivity index (χ0) is 8.81. The van der Waals surface area contributed by atoms with Gasteiger partial charge in [0.15, 0.2) is 0 Å². The molecule has 0 amide bonds. The smallest absolute Gasteiger partial charge is 0.0635 e. The minimum atomic E-state index is 0. The molecule has 1 aromatic carbocycles. The summed E-state index contributed by atoms with van der Waals surface area (Å²) in [5, 5.41) is 3.23. The molecule has 4 heteroatoms. The molecule has 0 spiro atoms. The first-order valence-electron chi connectivity index (χ1n) is 3.81. The van der Waals surface area contributed by atoms with Crippen molar-refractivity contribution in [2.24, 2.45) is 0 Å². The van der Waals surface area contributed by atoms with Gasteiger partial charge in [0.05, 0.1) is 6.61 Å². The van der Waals surface area contributed by atoms with Crippen molar-refractivity contribution in [2.45, 2.75) is 0 Å². The Labute approximate surface area is 93.2 Å². The predicted octanol–water partition coefficient (Wildman–Crippen LogP) is 2.93. The minimum absolute atomic E-state index is 0. The van der Waals surface area contributed by atoms with Crippen molar-refractivity contribution in [3.63, 3.8) is 0 Å². The Morgan fingerprint density at radius 3 is 2.46 bits per heavy atom. The third-order valence-electron chi connectivity index (χ3n) is 1.48. The Hall–Kier alpha value is -0.250. The Morgan fingerprint density at radius 1 is 1.31 bits per heavy atom. The average molecular weight is 267 g/mol. The molecule has 0 heterocycles. The van der Waals surface area contributed by atoms with Crippen LogP contribution < -0.4 is 5.32 Å². The molecule has 1 aromatic rings. The molecule has 74 valence electrons. The third-order valence-corrected chi connectivity index (χ3v) is 2.01. The lowest BCUT2D eigenvalue weighted by molar-refractivity contribution is 0.211. The quantitative estimate of drug-likeness (QED) is 0.846. The van der Waals surface area contributed by atoms with E-state index >= 15 is 0 Å². The van der Waals surface area contributed by atoms with Crippen molar-refractivity contribution in [1.29, 1.82) is 0 Å². The molecule has 1 rings (SSSR count). The second-order valence-corrected chi connectivity index (χ2v) is 3.34. The number of ether oxygens (including phenoxy) is 1. The Bertz CT molecular complexity index is 228. The molecule has 0 radical (unpaired) electrons. The molecule has 0 saturated carbocycles. The summed E-state index contributed by atoms with van der Waals surface area (Å²) in [6.45, 7) is 1.58. The molecule has 1 N–H and O–H groups in total. The second-order valence-electron chi connectivity index (χ2n) is 2.43. The zero-order valence-corrected chi connectivity index (χ0v) is 9.82. The van der Waals surface area contributed by atoms with Gasteiger partial charge in [0.1, 0.15) is 0 Å². The van der Waals surface area contributed by atoms with Crippen molar-refractivity contribution in [3.05, 3.63) is 28.7 Å². The van der Waals surface area contributed by atoms with Gasteiger partial charge in [-0.3, -0.25) is 0 Å². The Morgan fingerprint density at radius 2 is 1.92 bits per heavy atom. The van der Waals surface area contributed by atoms with Crippen molar-refractivity contribution in [1.82, 2.24) is 0 Å². The number of nitrogens with one attached hydrogen (secondary N) is 1. The van der Waals surface area contributed by atoms with Crippen LogP contribution in [0.2, 0.25) is 0 Å². The number of hydrogen-bond acceptors (Lipinski definition) is 2. The molecule has 0 fully saturated rings. The minimum Gasteiger partial charge on any atom is -0.383 e. The van der Waals surface area contributed by atoms with E-state index < -0.39 is 0 Å². The first-order valence-corrected chi connectivity index (χ1v) is 4.60. The molecular weight excluding hydrogens is 253 g/mol. The number of rotatable bonds is 4. The molecule has 0 bridgehead atoms. The maximum Gasteiger partial charge on any atom is 0.0635 e. The highest BCUT2D eigenvalue weighted by molar-refractivity contribution is 9.10. The molecule has 0 unspecified atom stereocenters. The van der Waals surface area contributed by atoms with Crippen LogP contribution in [-0.4, -0.2) is 20.3 Å². The molecule has 13 heavy (non-hydrogen) atoms. The number of benzene rings is 1. The standard InChI is InChI=1S/C9H12BrNO.ClH/c1-12-7-6-11-9-4-2-8(10)3-5-9;/h2-5,11H,6-7H2,1H3;1H. The second kappa shape index (κ2) is 7.18. The van der Waals surface area contributed by atoms with E-state index in [0.29, 0.717) is 0 Å². The average Bonchev–Trinajstić information content (AvgIpc) is 2.09. The molecule has 0 saturated heterocycles. The molecule has 0 aliphatic heterocycles. The van der Waals surface area contributed by atoms with Gasteiger partial charge in [0.2, 0.25) is 0 Å². The fraction of sp³-hybridized carbons (Fsp3) is 0.333. The van der Waals surface area contributed by atoms with Crippen LogP contribution >= 0.6 is 28.3 Å². The van der Waals surface area contributed by atoms with Crippen molar-refractivity contribution < 1.29 is 4.74 Å². The van der Waals surface area contributed by atoms with E-state index in [4.69, 9.17) is 4.74 Å². The van der Waals surface area contributed by atoms with Gasteiger partial charge in [-0.05, 0) is 24.3 Å². The fourth-order valence-corrected chi connectivity index (χ4v) is 1.13. The SMILES string of the molecule is COCCNc1ccc(Br)cc1.Cl. The first kappa shape index (κ1) is 12.8. The summed E-state index contributed by atoms with van der Waals surface area (Å²) in [4.78, 5) is 0. The maximum absolute atomic E-state index is 4.92. The van der Waals surface area contributed by atoms with E-state index in [2.05, 4.69) is 21.2 Å². The van der Waals surface area contributed by atoms with Gasteiger partial charge in [-0.2, -0.15) is 0 Å². The third kappa shape index (κ3) is 5.13. The van der Waals surface area contributed by atoms with Crippen LogP contribution in [0.4, 0.5) is 5.69 Å². The van der Waals surface area contributed by atoms with Crippen LogP contribution in [0, 0.1) is 0 Å². The highest BCUT2D eigenvalue weighted by atomic mass is 79.9. The maximum atomic E-state index is 4.92. The van der Waals surface area contributed by atoms with Crippen LogP contribution in [0.25, 0.3) is 0 Å². The van der Waals surface area contributed by atoms with Crippen molar-refractivity contribution in [3.8, 4) is 0 Å². The summed E-state index contributed by atoms with van der Waals surface area (Å²) in [5.74, 6) is 0. The van der Waals surface area contributed by atoms with E-state index in [0.717, 1.165) is 23.3 Å². The topological polar surface area (TPSA) is 21.3 Å². The van der Waals surface area contributed by atoms with Crippen LogP contribution in [0.1, 0.15) is 0 Å². The normalized spacial score (nSPS) is 9.08. The Kier molecular flexibility index (Phi) is 7.04. The van der Waals surface area contributed by atoms with Gasteiger partial charge in [-0.1, -0.05) is 15.9 Å².